The topological polar surface area (TPSA) is 99.5 Å². The fourth-order valence-corrected chi connectivity index (χ4v) is 4.08. The van der Waals surface area contributed by atoms with Gasteiger partial charge in [0.15, 0.2) is 11.5 Å². The van der Waals surface area contributed by atoms with Crippen molar-refractivity contribution in [3.63, 3.8) is 0 Å². The maximum absolute atomic E-state index is 13.1. The Morgan fingerprint density at radius 3 is 2.43 bits per heavy atom. The van der Waals surface area contributed by atoms with Crippen LogP contribution in [-0.4, -0.2) is 72.6 Å². The highest BCUT2D eigenvalue weighted by Gasteiger charge is 2.46. The van der Waals surface area contributed by atoms with Gasteiger partial charge >= 0.3 is 0 Å². The van der Waals surface area contributed by atoms with Crippen LogP contribution in [0.5, 0.6) is 17.2 Å². The van der Waals surface area contributed by atoms with E-state index in [4.69, 9.17) is 9.47 Å². The molecule has 0 saturated carbocycles. The van der Waals surface area contributed by atoms with Crippen LogP contribution in [0.15, 0.2) is 48.0 Å². The van der Waals surface area contributed by atoms with Gasteiger partial charge in [-0.2, -0.15) is 0 Å². The lowest BCUT2D eigenvalue weighted by Gasteiger charge is -2.26. The number of aromatic hydroxyl groups is 1. The Labute approximate surface area is 206 Å². The summed E-state index contributed by atoms with van der Waals surface area (Å²) in [5.74, 6) is -0.835. The number of Topliss-reactive ketones (excluding diaryl/α,β-unsaturated/α-hetero) is 1. The number of amides is 1. The largest absolute Gasteiger partial charge is 0.507 e. The molecule has 0 aromatic heterocycles. The molecule has 1 aliphatic rings. The summed E-state index contributed by atoms with van der Waals surface area (Å²) < 4.78 is 10.9. The number of unbranched alkanes of at least 4 members (excludes halogenated alkanes) is 1. The number of ketones is 1. The fraction of sp³-hybridized carbons (Fsp3) is 0.407. The SMILES string of the molecule is CCCCOc1ccc(/C(O)=C2\C(=O)C(=O)N(CCCN(C)C)[C@@H]2c2ccc(O)c(OC)c2)cc1. The zero-order valence-electron chi connectivity index (χ0n) is 20.8. The van der Waals surface area contributed by atoms with Gasteiger partial charge in [0.1, 0.15) is 11.5 Å². The van der Waals surface area contributed by atoms with Gasteiger partial charge in [0.25, 0.3) is 11.7 Å². The highest BCUT2D eigenvalue weighted by molar-refractivity contribution is 6.46. The van der Waals surface area contributed by atoms with Gasteiger partial charge < -0.3 is 29.5 Å². The van der Waals surface area contributed by atoms with Gasteiger partial charge in [0.05, 0.1) is 25.3 Å². The third kappa shape index (κ3) is 5.95. The van der Waals surface area contributed by atoms with E-state index < -0.39 is 17.7 Å². The van der Waals surface area contributed by atoms with E-state index in [1.165, 1.54) is 18.1 Å². The predicted octanol–water partition coefficient (Wildman–Crippen LogP) is 3.95. The first-order valence-electron chi connectivity index (χ1n) is 11.8. The summed E-state index contributed by atoms with van der Waals surface area (Å²) in [6.45, 7) is 3.74. The number of carbonyl (C=O) groups excluding carboxylic acids is 2. The Morgan fingerprint density at radius 2 is 1.80 bits per heavy atom. The van der Waals surface area contributed by atoms with E-state index in [1.54, 1.807) is 36.4 Å². The number of hydrogen-bond donors (Lipinski definition) is 2. The lowest BCUT2D eigenvalue weighted by molar-refractivity contribution is -0.139. The van der Waals surface area contributed by atoms with Gasteiger partial charge in [-0.3, -0.25) is 9.59 Å². The number of rotatable bonds is 11. The second kappa shape index (κ2) is 11.8. The van der Waals surface area contributed by atoms with E-state index in [2.05, 4.69) is 6.92 Å². The molecule has 35 heavy (non-hydrogen) atoms. The predicted molar refractivity (Wildman–Crippen MR) is 134 cm³/mol. The van der Waals surface area contributed by atoms with Crippen LogP contribution in [-0.2, 0) is 9.59 Å². The van der Waals surface area contributed by atoms with Gasteiger partial charge in [-0.05, 0) is 75.4 Å². The third-order valence-corrected chi connectivity index (χ3v) is 5.96. The number of ether oxygens (including phenoxy) is 2. The van der Waals surface area contributed by atoms with E-state index in [9.17, 15) is 19.8 Å². The summed E-state index contributed by atoms with van der Waals surface area (Å²) in [7, 11) is 5.30. The maximum atomic E-state index is 13.1. The van der Waals surface area contributed by atoms with Crippen molar-refractivity contribution in [3.05, 3.63) is 59.2 Å². The van der Waals surface area contributed by atoms with Crippen molar-refractivity contribution in [1.29, 1.82) is 0 Å². The van der Waals surface area contributed by atoms with Crippen LogP contribution in [0.3, 0.4) is 0 Å². The smallest absolute Gasteiger partial charge is 0.295 e. The summed E-state index contributed by atoms with van der Waals surface area (Å²) in [5.41, 5.74) is 0.979. The Bertz CT molecular complexity index is 1080. The van der Waals surface area contributed by atoms with E-state index in [-0.39, 0.29) is 22.8 Å². The number of nitrogens with zero attached hydrogens (tertiary/aromatic N) is 2. The Hall–Kier alpha value is -3.52. The maximum Gasteiger partial charge on any atom is 0.295 e. The van der Waals surface area contributed by atoms with Crippen LogP contribution in [0.4, 0.5) is 0 Å². The van der Waals surface area contributed by atoms with Crippen LogP contribution in [0, 0.1) is 0 Å². The van der Waals surface area contributed by atoms with Crippen LogP contribution in [0.2, 0.25) is 0 Å². The van der Waals surface area contributed by atoms with Crippen LogP contribution in [0.1, 0.15) is 43.4 Å². The first-order valence-corrected chi connectivity index (χ1v) is 11.8. The number of carbonyl (C=O) groups is 2. The number of aliphatic hydroxyl groups excluding tert-OH is 1. The molecule has 0 bridgehead atoms. The molecule has 2 aromatic rings. The summed E-state index contributed by atoms with van der Waals surface area (Å²) in [6.07, 6.45) is 2.61. The molecule has 1 atom stereocenters. The van der Waals surface area contributed by atoms with Gasteiger partial charge in [0.2, 0.25) is 0 Å². The lowest BCUT2D eigenvalue weighted by atomic mass is 9.95. The molecule has 1 saturated heterocycles. The van der Waals surface area contributed by atoms with Crippen LogP contribution < -0.4 is 9.47 Å². The van der Waals surface area contributed by atoms with Gasteiger partial charge in [0, 0.05) is 12.1 Å². The minimum atomic E-state index is -0.813. The number of benzene rings is 2. The van der Waals surface area contributed by atoms with Crippen molar-refractivity contribution < 1.29 is 29.3 Å². The highest BCUT2D eigenvalue weighted by atomic mass is 16.5. The fourth-order valence-electron chi connectivity index (χ4n) is 4.08. The second-order valence-corrected chi connectivity index (χ2v) is 8.81. The van der Waals surface area contributed by atoms with Crippen molar-refractivity contribution in [3.8, 4) is 17.2 Å². The first-order chi connectivity index (χ1) is 16.8. The van der Waals surface area contributed by atoms with Crippen molar-refractivity contribution in [2.75, 3.05) is 40.9 Å². The Balaban J connectivity index is 2.03. The molecule has 2 N–H and O–H groups in total. The minimum absolute atomic E-state index is 0.00671. The first kappa shape index (κ1) is 26.1. The summed E-state index contributed by atoms with van der Waals surface area (Å²) in [4.78, 5) is 29.7. The quantitative estimate of drug-likeness (QED) is 0.216. The molecule has 1 amide bonds. The van der Waals surface area contributed by atoms with Gasteiger partial charge in [-0.25, -0.2) is 0 Å². The highest BCUT2D eigenvalue weighted by Crippen LogP contribution is 2.41. The lowest BCUT2D eigenvalue weighted by Crippen LogP contribution is -2.32. The molecule has 3 rings (SSSR count). The molecule has 0 spiro atoms. The molecule has 8 nitrogen and oxygen atoms in total. The molecule has 0 radical (unpaired) electrons. The van der Waals surface area contributed by atoms with E-state index in [0.717, 1.165) is 19.4 Å². The number of phenols is 1. The van der Waals surface area contributed by atoms with Crippen molar-refractivity contribution in [2.45, 2.75) is 32.2 Å². The molecular weight excluding hydrogens is 448 g/mol. The zero-order valence-corrected chi connectivity index (χ0v) is 20.8. The van der Waals surface area contributed by atoms with Gasteiger partial charge in [-0.1, -0.05) is 19.4 Å². The standard InChI is InChI=1S/C27H34N2O6/c1-5-6-16-35-20-11-8-18(9-12-20)25(31)23-24(19-10-13-21(30)22(17-19)34-4)29(27(33)26(23)32)15-7-14-28(2)3/h8-13,17,24,30-31H,5-7,14-16H2,1-4H3/b25-23+/t24-/m1/s1. The summed E-state index contributed by atoms with van der Waals surface area (Å²) in [5, 5.41) is 21.3. The van der Waals surface area contributed by atoms with Crippen molar-refractivity contribution >= 4 is 17.4 Å². The van der Waals surface area contributed by atoms with Crippen molar-refractivity contribution in [1.82, 2.24) is 9.80 Å². The molecule has 1 aliphatic heterocycles. The van der Waals surface area contributed by atoms with Crippen LogP contribution >= 0.6 is 0 Å². The number of likely N-dealkylation sites (tertiary alicyclic amines) is 1. The second-order valence-electron chi connectivity index (χ2n) is 8.81. The molecule has 0 unspecified atom stereocenters. The Morgan fingerprint density at radius 1 is 1.09 bits per heavy atom. The van der Waals surface area contributed by atoms with E-state index in [0.29, 0.717) is 36.4 Å². The zero-order chi connectivity index (χ0) is 25.5. The van der Waals surface area contributed by atoms with Gasteiger partial charge in [-0.15, -0.1) is 0 Å². The number of aliphatic hydroxyl groups is 1. The molecule has 1 fully saturated rings. The Kier molecular flexibility index (Phi) is 8.76. The van der Waals surface area contributed by atoms with Crippen LogP contribution in [0.25, 0.3) is 5.76 Å². The summed E-state index contributed by atoms with van der Waals surface area (Å²) in [6, 6.07) is 10.7. The molecule has 1 heterocycles. The summed E-state index contributed by atoms with van der Waals surface area (Å²) >= 11 is 0. The normalized spacial score (nSPS) is 17.3. The molecule has 8 heteroatoms. The molecule has 2 aromatic carbocycles. The van der Waals surface area contributed by atoms with E-state index in [1.807, 2.05) is 19.0 Å². The van der Waals surface area contributed by atoms with E-state index >= 15 is 0 Å². The average molecular weight is 483 g/mol. The van der Waals surface area contributed by atoms with Crippen molar-refractivity contribution in [2.24, 2.45) is 0 Å². The molecular formula is C27H34N2O6. The molecule has 0 aliphatic carbocycles. The number of methoxy groups -OCH3 is 1. The number of hydrogen-bond acceptors (Lipinski definition) is 7. The monoisotopic (exact) mass is 482 g/mol. The third-order valence-electron chi connectivity index (χ3n) is 5.96. The number of phenolic OH excluding ortho intramolecular Hbond substituents is 1. The minimum Gasteiger partial charge on any atom is -0.507 e. The molecule has 188 valence electrons. The average Bonchev–Trinajstić information content (AvgIpc) is 3.09.